The van der Waals surface area contributed by atoms with Crippen molar-refractivity contribution >= 4 is 5.97 Å². The minimum absolute atomic E-state index is 0.211. The molecule has 1 atom stereocenters. The highest BCUT2D eigenvalue weighted by Gasteiger charge is 2.23. The summed E-state index contributed by atoms with van der Waals surface area (Å²) in [4.78, 5) is 11.3. The second-order valence-electron chi connectivity index (χ2n) is 3.80. The Morgan fingerprint density at radius 3 is 2.46 bits per heavy atom. The summed E-state index contributed by atoms with van der Waals surface area (Å²) < 4.78 is 5.17. The molecule has 0 amide bonds. The van der Waals surface area contributed by atoms with E-state index < -0.39 is 5.60 Å². The number of rotatable bonds is 4. The molecule has 0 N–H and O–H groups in total. The Hall–Kier alpha value is -0.970. The molecule has 0 aliphatic rings. The van der Waals surface area contributed by atoms with Crippen LogP contribution in [0.5, 0.6) is 0 Å². The molecule has 13 heavy (non-hydrogen) atoms. The molecule has 0 aromatic heterocycles. The van der Waals surface area contributed by atoms with Crippen LogP contribution in [0.2, 0.25) is 0 Å². The minimum Gasteiger partial charge on any atom is -0.446 e. The van der Waals surface area contributed by atoms with E-state index in [9.17, 15) is 4.79 Å². The fraction of sp³-hybridized carbons (Fsp3) is 0.727. The third kappa shape index (κ3) is 4.57. The van der Waals surface area contributed by atoms with E-state index in [0.717, 1.165) is 0 Å². The largest absolute Gasteiger partial charge is 0.446 e. The van der Waals surface area contributed by atoms with Crippen molar-refractivity contribution in [1.82, 2.24) is 0 Å². The summed E-state index contributed by atoms with van der Waals surface area (Å²) in [6, 6.07) is 0. The number of hydrogen-bond donors (Lipinski definition) is 0. The Morgan fingerprint density at radius 1 is 1.62 bits per heavy atom. The Bertz CT molecular complexity index is 213. The van der Waals surface area contributed by atoms with Crippen LogP contribution in [0.3, 0.4) is 0 Å². The third-order valence-corrected chi connectivity index (χ3v) is 1.89. The van der Waals surface area contributed by atoms with E-state index in [1.807, 2.05) is 20.8 Å². The van der Waals surface area contributed by atoms with Crippen LogP contribution in [0.25, 0.3) is 0 Å². The molecule has 2 nitrogen and oxygen atoms in total. The summed E-state index contributed by atoms with van der Waals surface area (Å²) in [5, 5.41) is 0. The van der Waals surface area contributed by atoms with Gasteiger partial charge in [0.25, 0.3) is 0 Å². The van der Waals surface area contributed by atoms with Crippen molar-refractivity contribution in [2.45, 2.75) is 46.1 Å². The summed E-state index contributed by atoms with van der Waals surface area (Å²) in [6.07, 6.45) is 6.34. The normalized spacial score (nSPS) is 14.8. The minimum atomic E-state index is -0.730. The predicted octanol–water partition coefficient (Wildman–Crippen LogP) is 2.38. The smallest absolute Gasteiger partial charge is 0.307 e. The van der Waals surface area contributed by atoms with E-state index in [0.29, 0.717) is 18.8 Å². The van der Waals surface area contributed by atoms with Crippen molar-refractivity contribution in [3.8, 4) is 12.3 Å². The van der Waals surface area contributed by atoms with Crippen molar-refractivity contribution in [2.75, 3.05) is 0 Å². The molecule has 74 valence electrons. The molecule has 0 spiro atoms. The zero-order chi connectivity index (χ0) is 10.5. The van der Waals surface area contributed by atoms with Gasteiger partial charge in [-0.3, -0.25) is 4.79 Å². The monoisotopic (exact) mass is 182 g/mol. The first-order valence-electron chi connectivity index (χ1n) is 4.63. The lowest BCUT2D eigenvalue weighted by molar-refractivity contribution is -0.154. The first-order valence-corrected chi connectivity index (χ1v) is 4.63. The third-order valence-electron chi connectivity index (χ3n) is 1.89. The van der Waals surface area contributed by atoms with Gasteiger partial charge in [0.1, 0.15) is 0 Å². The number of terminal acetylenes is 1. The van der Waals surface area contributed by atoms with Crippen LogP contribution in [0.15, 0.2) is 0 Å². The fourth-order valence-electron chi connectivity index (χ4n) is 0.830. The Kier molecular flexibility index (Phi) is 4.55. The first-order chi connectivity index (χ1) is 5.93. The van der Waals surface area contributed by atoms with Gasteiger partial charge in [-0.1, -0.05) is 26.7 Å². The summed E-state index contributed by atoms with van der Waals surface area (Å²) in [6.45, 7) is 7.61. The Balaban J connectivity index is 4.12. The van der Waals surface area contributed by atoms with Gasteiger partial charge in [-0.25, -0.2) is 0 Å². The van der Waals surface area contributed by atoms with Gasteiger partial charge in [0.05, 0.1) is 0 Å². The first kappa shape index (κ1) is 12.0. The molecule has 0 heterocycles. The molecule has 0 aliphatic carbocycles. The van der Waals surface area contributed by atoms with Crippen molar-refractivity contribution in [3.63, 3.8) is 0 Å². The molecular formula is C11H18O2. The molecule has 0 saturated carbocycles. The maximum absolute atomic E-state index is 11.3. The lowest BCUT2D eigenvalue weighted by atomic mass is 10.0. The Labute approximate surface area is 80.7 Å². The van der Waals surface area contributed by atoms with Crippen LogP contribution in [0.1, 0.15) is 40.5 Å². The SMILES string of the molecule is C#CC(C)(CC)OC(=O)CC(C)C. The average molecular weight is 182 g/mol. The second kappa shape index (κ2) is 4.91. The van der Waals surface area contributed by atoms with Crippen LogP contribution in [-0.2, 0) is 9.53 Å². The molecular weight excluding hydrogens is 164 g/mol. The molecule has 1 unspecified atom stereocenters. The zero-order valence-electron chi connectivity index (χ0n) is 8.89. The molecule has 0 aromatic carbocycles. The lowest BCUT2D eigenvalue weighted by Crippen LogP contribution is -2.29. The van der Waals surface area contributed by atoms with E-state index in [4.69, 9.17) is 11.2 Å². The van der Waals surface area contributed by atoms with Crippen molar-refractivity contribution in [3.05, 3.63) is 0 Å². The molecule has 0 radical (unpaired) electrons. The topological polar surface area (TPSA) is 26.3 Å². The molecule has 0 fully saturated rings. The number of hydrogen-bond acceptors (Lipinski definition) is 2. The molecule has 2 heteroatoms. The molecule has 0 rings (SSSR count). The standard InChI is InChI=1S/C11H18O2/c1-6-11(5,7-2)13-10(12)8-9(3)4/h1,9H,7-8H2,2-5H3. The number of carbonyl (C=O) groups is 1. The quantitative estimate of drug-likeness (QED) is 0.493. The predicted molar refractivity (Wildman–Crippen MR) is 53.1 cm³/mol. The van der Waals surface area contributed by atoms with Gasteiger partial charge < -0.3 is 4.74 Å². The highest BCUT2D eigenvalue weighted by molar-refractivity contribution is 5.70. The van der Waals surface area contributed by atoms with Gasteiger partial charge in [0, 0.05) is 6.42 Å². The number of ether oxygens (including phenoxy) is 1. The second-order valence-corrected chi connectivity index (χ2v) is 3.80. The number of esters is 1. The molecule has 0 aliphatic heterocycles. The molecule has 0 saturated heterocycles. The molecule has 0 bridgehead atoms. The van der Waals surface area contributed by atoms with Crippen LogP contribution < -0.4 is 0 Å². The summed E-state index contributed by atoms with van der Waals surface area (Å²) in [5.74, 6) is 2.59. The van der Waals surface area contributed by atoms with Gasteiger partial charge in [0.2, 0.25) is 0 Å². The van der Waals surface area contributed by atoms with Crippen LogP contribution >= 0.6 is 0 Å². The summed E-state index contributed by atoms with van der Waals surface area (Å²) in [7, 11) is 0. The van der Waals surface area contributed by atoms with Crippen molar-refractivity contribution in [2.24, 2.45) is 5.92 Å². The van der Waals surface area contributed by atoms with E-state index in [-0.39, 0.29) is 5.97 Å². The van der Waals surface area contributed by atoms with Gasteiger partial charge in [-0.2, -0.15) is 0 Å². The zero-order valence-corrected chi connectivity index (χ0v) is 8.89. The highest BCUT2D eigenvalue weighted by atomic mass is 16.6. The van der Waals surface area contributed by atoms with E-state index in [1.54, 1.807) is 6.92 Å². The maximum atomic E-state index is 11.3. The summed E-state index contributed by atoms with van der Waals surface area (Å²) >= 11 is 0. The number of carbonyl (C=O) groups excluding carboxylic acids is 1. The van der Waals surface area contributed by atoms with Crippen LogP contribution in [0, 0.1) is 18.3 Å². The highest BCUT2D eigenvalue weighted by Crippen LogP contribution is 2.15. The van der Waals surface area contributed by atoms with Crippen LogP contribution in [0.4, 0.5) is 0 Å². The van der Waals surface area contributed by atoms with Gasteiger partial charge >= 0.3 is 5.97 Å². The van der Waals surface area contributed by atoms with E-state index >= 15 is 0 Å². The van der Waals surface area contributed by atoms with Crippen molar-refractivity contribution < 1.29 is 9.53 Å². The maximum Gasteiger partial charge on any atom is 0.307 e. The molecule has 0 aromatic rings. The van der Waals surface area contributed by atoms with Gasteiger partial charge in [-0.05, 0) is 19.3 Å². The fourth-order valence-corrected chi connectivity index (χ4v) is 0.830. The lowest BCUT2D eigenvalue weighted by Gasteiger charge is -2.22. The Morgan fingerprint density at radius 2 is 2.15 bits per heavy atom. The summed E-state index contributed by atoms with van der Waals surface area (Å²) in [5.41, 5.74) is -0.730. The average Bonchev–Trinajstić information content (AvgIpc) is 2.02. The van der Waals surface area contributed by atoms with Crippen molar-refractivity contribution in [1.29, 1.82) is 0 Å². The van der Waals surface area contributed by atoms with Gasteiger partial charge in [-0.15, -0.1) is 6.42 Å². The van der Waals surface area contributed by atoms with Crippen LogP contribution in [-0.4, -0.2) is 11.6 Å². The van der Waals surface area contributed by atoms with Gasteiger partial charge in [0.15, 0.2) is 5.60 Å². The van der Waals surface area contributed by atoms with E-state index in [1.165, 1.54) is 0 Å². The van der Waals surface area contributed by atoms with E-state index in [2.05, 4.69) is 5.92 Å².